The lowest BCUT2D eigenvalue weighted by atomic mass is 9.45. The highest BCUT2D eigenvalue weighted by molar-refractivity contribution is 6.03. The van der Waals surface area contributed by atoms with Crippen LogP contribution in [0.5, 0.6) is 0 Å². The molecule has 1 heterocycles. The average molecular weight is 533 g/mol. The van der Waals surface area contributed by atoms with Crippen molar-refractivity contribution in [2.75, 3.05) is 7.11 Å². The molecule has 2 saturated carbocycles. The molecule has 4 aliphatic rings. The van der Waals surface area contributed by atoms with E-state index < -0.39 is 40.8 Å². The molecule has 1 aromatic rings. The van der Waals surface area contributed by atoms with E-state index in [1.165, 1.54) is 24.3 Å². The zero-order valence-electron chi connectivity index (χ0n) is 22.5. The number of esters is 1. The molecule has 0 bridgehead atoms. The van der Waals surface area contributed by atoms with Crippen molar-refractivity contribution in [3.05, 3.63) is 59.4 Å². The third kappa shape index (κ3) is 3.77. The number of fused-ring (bicyclic) bond motifs is 4. The van der Waals surface area contributed by atoms with E-state index in [1.807, 2.05) is 13.0 Å². The van der Waals surface area contributed by atoms with Crippen molar-refractivity contribution in [2.45, 2.75) is 83.3 Å². The van der Waals surface area contributed by atoms with Crippen LogP contribution in [0.25, 0.3) is 0 Å². The van der Waals surface area contributed by atoms with E-state index in [0.29, 0.717) is 11.5 Å². The minimum atomic E-state index is -5.13. The maximum Gasteiger partial charge on any atom is 0.432 e. The Morgan fingerprint density at radius 2 is 1.74 bits per heavy atom. The largest absolute Gasteiger partial charge is 0.486 e. The van der Waals surface area contributed by atoms with Gasteiger partial charge >= 0.3 is 12.1 Å². The molecule has 6 atom stereocenters. The Balaban J connectivity index is 1.53. The number of carbonyl (C=O) groups excluding carboxylic acids is 2. The van der Waals surface area contributed by atoms with Crippen molar-refractivity contribution in [2.24, 2.45) is 22.7 Å². The average Bonchev–Trinajstić information content (AvgIpc) is 3.11. The van der Waals surface area contributed by atoms with E-state index in [0.717, 1.165) is 51.3 Å². The number of alkyl halides is 3. The number of hydrogen-bond donors (Lipinski definition) is 0. The number of ether oxygens (including phenoxy) is 3. The fourth-order valence-electron chi connectivity index (χ4n) is 7.98. The van der Waals surface area contributed by atoms with Gasteiger partial charge in [-0.15, -0.1) is 0 Å². The molecule has 0 N–H and O–H groups in total. The van der Waals surface area contributed by atoms with E-state index in [2.05, 4.69) is 20.8 Å². The van der Waals surface area contributed by atoms with Crippen LogP contribution in [0, 0.1) is 22.7 Å². The summed E-state index contributed by atoms with van der Waals surface area (Å²) in [5, 5.41) is 0. The second-order valence-electron chi connectivity index (χ2n) is 12.4. The van der Waals surface area contributed by atoms with Crippen molar-refractivity contribution in [3.8, 4) is 0 Å². The summed E-state index contributed by atoms with van der Waals surface area (Å²) in [6.45, 7) is 8.92. The monoisotopic (exact) mass is 532 g/mol. The SMILES string of the molecule is CO[C@@](C(=O)O[C@@H]1C(=O)C=C2O[C@@]3(C)CC[C@H]4C(C)(C)CCC[C@]4(C)[C@H]3C=C21)(c1ccccc1)C(F)(F)F. The predicted octanol–water partition coefficient (Wildman–Crippen LogP) is 6.43. The first-order valence-electron chi connectivity index (χ1n) is 13.2. The van der Waals surface area contributed by atoms with Crippen LogP contribution in [0.2, 0.25) is 0 Å². The van der Waals surface area contributed by atoms with Crippen LogP contribution in [0.3, 0.4) is 0 Å². The number of hydrogen-bond acceptors (Lipinski definition) is 5. The van der Waals surface area contributed by atoms with E-state index in [1.54, 1.807) is 0 Å². The molecule has 5 rings (SSSR count). The first-order valence-corrected chi connectivity index (χ1v) is 13.2. The molecule has 2 fully saturated rings. The molecule has 38 heavy (non-hydrogen) atoms. The van der Waals surface area contributed by atoms with Gasteiger partial charge < -0.3 is 14.2 Å². The Morgan fingerprint density at radius 1 is 1.05 bits per heavy atom. The van der Waals surface area contributed by atoms with Crippen molar-refractivity contribution in [1.29, 1.82) is 0 Å². The summed E-state index contributed by atoms with van der Waals surface area (Å²) < 4.78 is 60.0. The highest BCUT2D eigenvalue weighted by Crippen LogP contribution is 2.65. The van der Waals surface area contributed by atoms with Crippen molar-refractivity contribution >= 4 is 11.8 Å². The first-order chi connectivity index (χ1) is 17.7. The number of carbonyl (C=O) groups is 2. The molecule has 3 aliphatic carbocycles. The third-order valence-corrected chi connectivity index (χ3v) is 9.76. The van der Waals surface area contributed by atoms with Gasteiger partial charge in [0.2, 0.25) is 5.78 Å². The molecule has 1 aliphatic heterocycles. The summed E-state index contributed by atoms with van der Waals surface area (Å²) in [5.41, 5.74) is -4.01. The van der Waals surface area contributed by atoms with Crippen LogP contribution < -0.4 is 0 Å². The van der Waals surface area contributed by atoms with Crippen LogP contribution in [-0.4, -0.2) is 36.7 Å². The van der Waals surface area contributed by atoms with Crippen molar-refractivity contribution in [3.63, 3.8) is 0 Å². The number of benzene rings is 1. The fourth-order valence-corrected chi connectivity index (χ4v) is 7.98. The van der Waals surface area contributed by atoms with E-state index in [9.17, 15) is 22.8 Å². The van der Waals surface area contributed by atoms with Gasteiger partial charge in [0.15, 0.2) is 6.10 Å². The van der Waals surface area contributed by atoms with Crippen LogP contribution in [-0.2, 0) is 29.4 Å². The summed E-state index contributed by atoms with van der Waals surface area (Å²) >= 11 is 0. The number of rotatable bonds is 4. The zero-order valence-corrected chi connectivity index (χ0v) is 22.5. The summed E-state index contributed by atoms with van der Waals surface area (Å²) in [7, 11) is 0.810. The summed E-state index contributed by atoms with van der Waals surface area (Å²) in [5.74, 6) is -1.69. The topological polar surface area (TPSA) is 61.8 Å². The Hall–Kier alpha value is -2.61. The number of ketones is 1. The lowest BCUT2D eigenvalue weighted by Gasteiger charge is -2.62. The second kappa shape index (κ2) is 8.70. The van der Waals surface area contributed by atoms with Gasteiger partial charge in [0.1, 0.15) is 11.4 Å². The van der Waals surface area contributed by atoms with Gasteiger partial charge in [-0.2, -0.15) is 13.2 Å². The molecule has 8 heteroatoms. The molecule has 0 aromatic heterocycles. The number of halogens is 3. The van der Waals surface area contributed by atoms with Crippen LogP contribution >= 0.6 is 0 Å². The first kappa shape index (κ1) is 27.0. The lowest BCUT2D eigenvalue weighted by molar-refractivity contribution is -0.277. The quantitative estimate of drug-likeness (QED) is 0.419. The normalized spacial score (nSPS) is 35.5. The van der Waals surface area contributed by atoms with Crippen molar-refractivity contribution in [1.82, 2.24) is 0 Å². The standard InChI is InChI=1S/C30H35F3O5/c1-26(2)13-9-14-27(3)22(26)12-15-28(4)23(27)16-19-21(38-28)17-20(34)24(19)37-25(35)29(36-5,30(31,32)33)18-10-7-6-8-11-18/h6-8,10-11,16-17,22-24H,9,12-15H2,1-5H3/t22-,23+,24-,27-,28-,29+/m0/s1. The Kier molecular flexibility index (Phi) is 6.18. The third-order valence-electron chi connectivity index (χ3n) is 9.76. The number of methoxy groups -OCH3 is 1. The summed E-state index contributed by atoms with van der Waals surface area (Å²) in [6, 6.07) is 6.61. The molecule has 206 valence electrons. The maximum absolute atomic E-state index is 14.4. The predicted molar refractivity (Wildman–Crippen MR) is 134 cm³/mol. The Bertz CT molecular complexity index is 1200. The molecular weight excluding hydrogens is 497 g/mol. The van der Waals surface area contributed by atoms with Crippen LogP contribution in [0.15, 0.2) is 53.8 Å². The van der Waals surface area contributed by atoms with E-state index in [-0.39, 0.29) is 22.5 Å². The fraction of sp³-hybridized carbons (Fsp3) is 0.600. The van der Waals surface area contributed by atoms with Crippen LogP contribution in [0.1, 0.15) is 65.4 Å². The molecule has 0 spiro atoms. The van der Waals surface area contributed by atoms with Gasteiger partial charge in [-0.25, -0.2) is 4.79 Å². The molecule has 5 nitrogen and oxygen atoms in total. The highest BCUT2D eigenvalue weighted by atomic mass is 19.4. The van der Waals surface area contributed by atoms with E-state index >= 15 is 0 Å². The maximum atomic E-state index is 14.4. The van der Waals surface area contributed by atoms with Gasteiger partial charge in [0.25, 0.3) is 5.60 Å². The van der Waals surface area contributed by atoms with Gasteiger partial charge in [0, 0.05) is 30.2 Å². The van der Waals surface area contributed by atoms with Crippen LogP contribution in [0.4, 0.5) is 13.2 Å². The van der Waals surface area contributed by atoms with Gasteiger partial charge in [-0.3, -0.25) is 4.79 Å². The van der Waals surface area contributed by atoms with E-state index in [4.69, 9.17) is 14.2 Å². The molecule has 0 unspecified atom stereocenters. The molecule has 0 amide bonds. The Morgan fingerprint density at radius 3 is 2.37 bits per heavy atom. The molecule has 0 saturated heterocycles. The summed E-state index contributed by atoms with van der Waals surface area (Å²) in [6.07, 6.45) is 1.53. The molecular formula is C30H35F3O5. The molecule has 1 aromatic carbocycles. The minimum Gasteiger partial charge on any atom is -0.486 e. The van der Waals surface area contributed by atoms with Gasteiger partial charge in [0.05, 0.1) is 0 Å². The summed E-state index contributed by atoms with van der Waals surface area (Å²) in [4.78, 5) is 26.4. The van der Waals surface area contributed by atoms with Gasteiger partial charge in [-0.1, -0.05) is 63.6 Å². The minimum absolute atomic E-state index is 0.0866. The zero-order chi connectivity index (χ0) is 27.7. The second-order valence-corrected chi connectivity index (χ2v) is 12.4. The highest BCUT2D eigenvalue weighted by Gasteiger charge is 2.65. The smallest absolute Gasteiger partial charge is 0.432 e. The Labute approximate surface area is 221 Å². The lowest BCUT2D eigenvalue weighted by Crippen LogP contribution is -2.59. The van der Waals surface area contributed by atoms with Gasteiger partial charge in [-0.05, 0) is 49.4 Å². The molecule has 0 radical (unpaired) electrons. The van der Waals surface area contributed by atoms with Crippen molar-refractivity contribution < 1.29 is 37.0 Å².